The van der Waals surface area contributed by atoms with Gasteiger partial charge < -0.3 is 11.1 Å². The molecule has 0 unspecified atom stereocenters. The first-order chi connectivity index (χ1) is 8.54. The summed E-state index contributed by atoms with van der Waals surface area (Å²) >= 11 is 3.48. The maximum atomic E-state index is 6.00. The minimum atomic E-state index is 0.0414. The van der Waals surface area contributed by atoms with Gasteiger partial charge >= 0.3 is 0 Å². The molecule has 3 nitrogen and oxygen atoms in total. The van der Waals surface area contributed by atoms with Crippen molar-refractivity contribution in [3.63, 3.8) is 0 Å². The molecular weight excluding hydrogens is 290 g/mol. The van der Waals surface area contributed by atoms with Crippen LogP contribution in [0.5, 0.6) is 0 Å². The Morgan fingerprint density at radius 1 is 1.44 bits per heavy atom. The Kier molecular flexibility index (Phi) is 4.28. The van der Waals surface area contributed by atoms with Crippen molar-refractivity contribution in [1.82, 2.24) is 4.98 Å². The molecule has 1 aromatic rings. The SMILES string of the molecule is Cc1nc(NC2(CN)CCC(C)CC2)ccc1Br. The van der Waals surface area contributed by atoms with Crippen molar-refractivity contribution < 1.29 is 0 Å². The van der Waals surface area contributed by atoms with Gasteiger partial charge in [-0.3, -0.25) is 0 Å². The van der Waals surface area contributed by atoms with Crippen molar-refractivity contribution in [3.05, 3.63) is 22.3 Å². The van der Waals surface area contributed by atoms with Gasteiger partial charge in [0.05, 0.1) is 11.2 Å². The third-order valence-corrected chi connectivity index (χ3v) is 4.87. The van der Waals surface area contributed by atoms with Crippen LogP contribution >= 0.6 is 15.9 Å². The summed E-state index contributed by atoms with van der Waals surface area (Å²) in [5.74, 6) is 1.77. The molecule has 0 bridgehead atoms. The molecule has 0 saturated heterocycles. The summed E-state index contributed by atoms with van der Waals surface area (Å²) in [6.45, 7) is 5.01. The second-order valence-corrected chi connectivity index (χ2v) is 6.41. The van der Waals surface area contributed by atoms with Gasteiger partial charge in [-0.15, -0.1) is 0 Å². The Balaban J connectivity index is 2.12. The van der Waals surface area contributed by atoms with E-state index in [4.69, 9.17) is 5.73 Å². The van der Waals surface area contributed by atoms with E-state index >= 15 is 0 Å². The fourth-order valence-corrected chi connectivity index (χ4v) is 2.80. The van der Waals surface area contributed by atoms with Gasteiger partial charge in [-0.2, -0.15) is 0 Å². The van der Waals surface area contributed by atoms with Crippen LogP contribution < -0.4 is 11.1 Å². The lowest BCUT2D eigenvalue weighted by Gasteiger charge is -2.39. The highest BCUT2D eigenvalue weighted by Crippen LogP contribution is 2.33. The van der Waals surface area contributed by atoms with Gasteiger partial charge in [0, 0.05) is 11.0 Å². The molecule has 1 aliphatic rings. The van der Waals surface area contributed by atoms with Gasteiger partial charge in [0.15, 0.2) is 0 Å². The third kappa shape index (κ3) is 3.04. The maximum absolute atomic E-state index is 6.00. The number of anilines is 1. The van der Waals surface area contributed by atoms with Crippen LogP contribution in [0.25, 0.3) is 0 Å². The second-order valence-electron chi connectivity index (χ2n) is 5.56. The van der Waals surface area contributed by atoms with Gasteiger partial charge in [0.2, 0.25) is 0 Å². The third-order valence-electron chi connectivity index (χ3n) is 4.04. The fourth-order valence-electron chi connectivity index (χ4n) is 2.58. The number of nitrogens with two attached hydrogens (primary N) is 1. The molecular formula is C14H22BrN3. The first-order valence-electron chi connectivity index (χ1n) is 6.66. The van der Waals surface area contributed by atoms with E-state index in [2.05, 4.69) is 33.2 Å². The monoisotopic (exact) mass is 311 g/mol. The second kappa shape index (κ2) is 5.57. The van der Waals surface area contributed by atoms with E-state index < -0.39 is 0 Å². The highest BCUT2D eigenvalue weighted by Gasteiger charge is 2.33. The van der Waals surface area contributed by atoms with Gasteiger partial charge in [-0.1, -0.05) is 6.92 Å². The molecule has 0 atom stereocenters. The van der Waals surface area contributed by atoms with Gasteiger partial charge in [0.25, 0.3) is 0 Å². The summed E-state index contributed by atoms with van der Waals surface area (Å²) in [7, 11) is 0. The molecule has 1 aromatic heterocycles. The zero-order valence-corrected chi connectivity index (χ0v) is 12.8. The number of rotatable bonds is 3. The molecule has 0 spiro atoms. The number of pyridine rings is 1. The highest BCUT2D eigenvalue weighted by molar-refractivity contribution is 9.10. The minimum Gasteiger partial charge on any atom is -0.363 e. The van der Waals surface area contributed by atoms with Gasteiger partial charge in [-0.25, -0.2) is 4.98 Å². The highest BCUT2D eigenvalue weighted by atomic mass is 79.9. The molecule has 1 aliphatic carbocycles. The van der Waals surface area contributed by atoms with Crippen molar-refractivity contribution in [2.45, 2.75) is 45.1 Å². The molecule has 3 N–H and O–H groups in total. The summed E-state index contributed by atoms with van der Waals surface area (Å²) in [6, 6.07) is 4.06. The number of nitrogens with zero attached hydrogens (tertiary/aromatic N) is 1. The fraction of sp³-hybridized carbons (Fsp3) is 0.643. The Labute approximate surface area is 118 Å². The molecule has 0 aromatic carbocycles. The largest absolute Gasteiger partial charge is 0.363 e. The Bertz CT molecular complexity index is 412. The van der Waals surface area contributed by atoms with E-state index in [1.165, 1.54) is 12.8 Å². The summed E-state index contributed by atoms with van der Waals surface area (Å²) in [4.78, 5) is 4.57. The van der Waals surface area contributed by atoms with Gasteiger partial charge in [-0.05, 0) is 66.6 Å². The van der Waals surface area contributed by atoms with Crippen LogP contribution in [-0.4, -0.2) is 17.1 Å². The van der Waals surface area contributed by atoms with Crippen molar-refractivity contribution in [3.8, 4) is 0 Å². The van der Waals surface area contributed by atoms with Gasteiger partial charge in [0.1, 0.15) is 5.82 Å². The Morgan fingerprint density at radius 3 is 2.67 bits per heavy atom. The Hall–Kier alpha value is -0.610. The summed E-state index contributed by atoms with van der Waals surface area (Å²) in [6.07, 6.45) is 4.78. The first-order valence-corrected chi connectivity index (χ1v) is 7.45. The van der Waals surface area contributed by atoms with E-state index in [1.54, 1.807) is 0 Å². The van der Waals surface area contributed by atoms with Crippen molar-refractivity contribution in [2.75, 3.05) is 11.9 Å². The van der Waals surface area contributed by atoms with E-state index in [0.29, 0.717) is 6.54 Å². The molecule has 1 saturated carbocycles. The number of halogens is 1. The standard InChI is InChI=1S/C14H22BrN3/c1-10-5-7-14(9-16,8-6-10)18-13-4-3-12(15)11(2)17-13/h3-4,10H,5-9,16H2,1-2H3,(H,17,18). The normalized spacial score (nSPS) is 28.1. The average molecular weight is 312 g/mol. The zero-order chi connectivity index (χ0) is 13.2. The molecule has 100 valence electrons. The predicted molar refractivity (Wildman–Crippen MR) is 79.7 cm³/mol. The first kappa shape index (κ1) is 13.8. The molecule has 2 rings (SSSR count). The number of hydrogen-bond donors (Lipinski definition) is 2. The lowest BCUT2D eigenvalue weighted by molar-refractivity contribution is 0.271. The number of aryl methyl sites for hydroxylation is 1. The van der Waals surface area contributed by atoms with Crippen LogP contribution in [0.4, 0.5) is 5.82 Å². The lowest BCUT2D eigenvalue weighted by atomic mass is 9.77. The molecule has 18 heavy (non-hydrogen) atoms. The number of hydrogen-bond acceptors (Lipinski definition) is 3. The molecule has 0 amide bonds. The zero-order valence-electron chi connectivity index (χ0n) is 11.2. The van der Waals surface area contributed by atoms with Crippen LogP contribution in [0, 0.1) is 12.8 Å². The van der Waals surface area contributed by atoms with Crippen LogP contribution in [0.1, 0.15) is 38.3 Å². The summed E-state index contributed by atoms with van der Waals surface area (Å²) in [5, 5.41) is 3.58. The molecule has 0 aliphatic heterocycles. The van der Waals surface area contributed by atoms with E-state index in [1.807, 2.05) is 19.1 Å². The average Bonchev–Trinajstić information content (AvgIpc) is 2.37. The quantitative estimate of drug-likeness (QED) is 0.898. The number of aromatic nitrogens is 1. The number of nitrogens with one attached hydrogen (secondary N) is 1. The lowest BCUT2D eigenvalue weighted by Crippen LogP contribution is -2.48. The van der Waals surface area contributed by atoms with E-state index in [9.17, 15) is 0 Å². The Morgan fingerprint density at radius 2 is 2.11 bits per heavy atom. The van der Waals surface area contributed by atoms with Crippen molar-refractivity contribution >= 4 is 21.7 Å². The van der Waals surface area contributed by atoms with Crippen LogP contribution in [0.3, 0.4) is 0 Å². The summed E-state index contributed by atoms with van der Waals surface area (Å²) < 4.78 is 1.05. The molecule has 0 radical (unpaired) electrons. The van der Waals surface area contributed by atoms with E-state index in [0.717, 1.165) is 34.7 Å². The van der Waals surface area contributed by atoms with Crippen molar-refractivity contribution in [1.29, 1.82) is 0 Å². The molecule has 4 heteroatoms. The van der Waals surface area contributed by atoms with Crippen LogP contribution in [-0.2, 0) is 0 Å². The smallest absolute Gasteiger partial charge is 0.126 e. The topological polar surface area (TPSA) is 50.9 Å². The molecule has 1 fully saturated rings. The van der Waals surface area contributed by atoms with Crippen LogP contribution in [0.2, 0.25) is 0 Å². The maximum Gasteiger partial charge on any atom is 0.126 e. The minimum absolute atomic E-state index is 0.0414. The summed E-state index contributed by atoms with van der Waals surface area (Å²) in [5.41, 5.74) is 7.05. The van der Waals surface area contributed by atoms with Crippen LogP contribution in [0.15, 0.2) is 16.6 Å². The molecule has 1 heterocycles. The predicted octanol–water partition coefficient (Wildman–Crippen LogP) is 3.47. The van der Waals surface area contributed by atoms with E-state index in [-0.39, 0.29) is 5.54 Å². The van der Waals surface area contributed by atoms with Crippen molar-refractivity contribution in [2.24, 2.45) is 11.7 Å².